The van der Waals surface area contributed by atoms with E-state index < -0.39 is 0 Å². The third-order valence-electron chi connectivity index (χ3n) is 3.61. The van der Waals surface area contributed by atoms with Crippen molar-refractivity contribution in [3.63, 3.8) is 0 Å². The molecule has 0 N–H and O–H groups in total. The molecule has 0 amide bonds. The van der Waals surface area contributed by atoms with Crippen LogP contribution in [0.4, 0.5) is 4.39 Å². The van der Waals surface area contributed by atoms with Gasteiger partial charge < -0.3 is 4.74 Å². The molecule has 1 saturated heterocycles. The molecule has 0 bridgehead atoms. The third kappa shape index (κ3) is 2.40. The summed E-state index contributed by atoms with van der Waals surface area (Å²) in [6.07, 6.45) is 4.43. The smallest absolute Gasteiger partial charge is 0.0876 e. The standard InChI is InChI=1S/C12H20FNO/c1-9(15-2)12-11(7-13)5-6-14(12)8-10-3-4-10/h7,9-10,12H,3-6,8H2,1-2H3/b11-7-/t9-,12?/m0/s1. The summed E-state index contributed by atoms with van der Waals surface area (Å²) in [5.41, 5.74) is 0.907. The van der Waals surface area contributed by atoms with Crippen LogP contribution in [0.5, 0.6) is 0 Å². The first kappa shape index (κ1) is 11.1. The Labute approximate surface area is 91.1 Å². The van der Waals surface area contributed by atoms with Crippen LogP contribution in [-0.2, 0) is 4.74 Å². The molecule has 15 heavy (non-hydrogen) atoms. The van der Waals surface area contributed by atoms with E-state index in [1.807, 2.05) is 6.92 Å². The predicted octanol–water partition coefficient (Wildman–Crippen LogP) is 2.36. The van der Waals surface area contributed by atoms with E-state index in [9.17, 15) is 4.39 Å². The average Bonchev–Trinajstić information content (AvgIpc) is 2.96. The molecule has 2 rings (SSSR count). The molecule has 3 heteroatoms. The SMILES string of the molecule is CO[C@@H](C)C1/C(=C\F)CCN1CC1CC1. The lowest BCUT2D eigenvalue weighted by Gasteiger charge is -2.29. The average molecular weight is 213 g/mol. The van der Waals surface area contributed by atoms with Gasteiger partial charge in [-0.05, 0) is 37.7 Å². The molecule has 0 spiro atoms. The lowest BCUT2D eigenvalue weighted by molar-refractivity contribution is 0.0534. The van der Waals surface area contributed by atoms with Gasteiger partial charge in [0.1, 0.15) is 0 Å². The Balaban J connectivity index is 2.02. The molecule has 2 fully saturated rings. The van der Waals surface area contributed by atoms with E-state index in [0.29, 0.717) is 0 Å². The molecular weight excluding hydrogens is 193 g/mol. The van der Waals surface area contributed by atoms with Crippen LogP contribution in [0, 0.1) is 5.92 Å². The Morgan fingerprint density at radius 3 is 2.87 bits per heavy atom. The van der Waals surface area contributed by atoms with Crippen molar-refractivity contribution in [3.8, 4) is 0 Å². The van der Waals surface area contributed by atoms with Crippen molar-refractivity contribution in [1.82, 2.24) is 4.90 Å². The van der Waals surface area contributed by atoms with Crippen LogP contribution >= 0.6 is 0 Å². The molecule has 1 aliphatic carbocycles. The molecule has 0 radical (unpaired) electrons. The fourth-order valence-corrected chi connectivity index (χ4v) is 2.48. The summed E-state index contributed by atoms with van der Waals surface area (Å²) >= 11 is 0. The van der Waals surface area contributed by atoms with Gasteiger partial charge in [-0.25, -0.2) is 4.39 Å². The van der Waals surface area contributed by atoms with Crippen LogP contribution in [0.3, 0.4) is 0 Å². The normalized spacial score (nSPS) is 32.5. The van der Waals surface area contributed by atoms with Gasteiger partial charge in [0.2, 0.25) is 0 Å². The molecule has 1 unspecified atom stereocenters. The number of halogens is 1. The van der Waals surface area contributed by atoms with E-state index in [0.717, 1.165) is 37.3 Å². The molecular formula is C12H20FNO. The number of likely N-dealkylation sites (tertiary alicyclic amines) is 1. The van der Waals surface area contributed by atoms with Gasteiger partial charge >= 0.3 is 0 Å². The number of nitrogens with zero attached hydrogens (tertiary/aromatic N) is 1. The van der Waals surface area contributed by atoms with Crippen LogP contribution < -0.4 is 0 Å². The maximum atomic E-state index is 12.7. The van der Waals surface area contributed by atoms with E-state index in [1.165, 1.54) is 12.8 Å². The van der Waals surface area contributed by atoms with Crippen molar-refractivity contribution in [1.29, 1.82) is 0 Å². The van der Waals surface area contributed by atoms with Gasteiger partial charge in [-0.2, -0.15) is 0 Å². The van der Waals surface area contributed by atoms with Gasteiger partial charge in [0, 0.05) is 20.2 Å². The number of rotatable bonds is 4. The van der Waals surface area contributed by atoms with Crippen LogP contribution in [0.15, 0.2) is 11.9 Å². The summed E-state index contributed by atoms with van der Waals surface area (Å²) in [6, 6.07) is 0.167. The second-order valence-corrected chi connectivity index (χ2v) is 4.76. The van der Waals surface area contributed by atoms with Crippen LogP contribution in [-0.4, -0.2) is 37.2 Å². The summed E-state index contributed by atoms with van der Waals surface area (Å²) in [6.45, 7) is 4.14. The van der Waals surface area contributed by atoms with Crippen molar-refractivity contribution in [2.24, 2.45) is 5.92 Å². The van der Waals surface area contributed by atoms with Gasteiger partial charge in [0.05, 0.1) is 18.5 Å². The van der Waals surface area contributed by atoms with Gasteiger partial charge in [-0.3, -0.25) is 4.90 Å². The minimum absolute atomic E-state index is 0.0910. The minimum atomic E-state index is 0.0910. The fraction of sp³-hybridized carbons (Fsp3) is 0.833. The number of ether oxygens (including phenoxy) is 1. The highest BCUT2D eigenvalue weighted by molar-refractivity contribution is 5.16. The fourth-order valence-electron chi connectivity index (χ4n) is 2.48. The van der Waals surface area contributed by atoms with E-state index in [-0.39, 0.29) is 12.1 Å². The number of hydrogen-bond donors (Lipinski definition) is 0. The summed E-state index contributed by atoms with van der Waals surface area (Å²) < 4.78 is 18.1. The van der Waals surface area contributed by atoms with E-state index in [4.69, 9.17) is 4.74 Å². The molecule has 0 aromatic rings. The van der Waals surface area contributed by atoms with E-state index in [1.54, 1.807) is 7.11 Å². The van der Waals surface area contributed by atoms with Crippen LogP contribution in [0.2, 0.25) is 0 Å². The molecule has 2 atom stereocenters. The Bertz CT molecular complexity index is 250. The van der Waals surface area contributed by atoms with E-state index in [2.05, 4.69) is 4.90 Å². The number of hydrogen-bond acceptors (Lipinski definition) is 2. The van der Waals surface area contributed by atoms with Crippen molar-refractivity contribution >= 4 is 0 Å². The highest BCUT2D eigenvalue weighted by Gasteiger charge is 2.36. The summed E-state index contributed by atoms with van der Waals surface area (Å²) in [4.78, 5) is 2.39. The van der Waals surface area contributed by atoms with E-state index >= 15 is 0 Å². The van der Waals surface area contributed by atoms with Gasteiger partial charge in [-0.1, -0.05) is 0 Å². The Morgan fingerprint density at radius 1 is 1.60 bits per heavy atom. The van der Waals surface area contributed by atoms with Gasteiger partial charge in [0.15, 0.2) is 0 Å². The zero-order chi connectivity index (χ0) is 10.8. The highest BCUT2D eigenvalue weighted by atomic mass is 19.1. The highest BCUT2D eigenvalue weighted by Crippen LogP contribution is 2.35. The van der Waals surface area contributed by atoms with Crippen molar-refractivity contribution in [2.45, 2.75) is 38.3 Å². The molecule has 0 aromatic heterocycles. The quantitative estimate of drug-likeness (QED) is 0.711. The number of methoxy groups -OCH3 is 1. The van der Waals surface area contributed by atoms with Crippen molar-refractivity contribution in [3.05, 3.63) is 11.9 Å². The zero-order valence-corrected chi connectivity index (χ0v) is 9.58. The van der Waals surface area contributed by atoms with Gasteiger partial charge in [-0.15, -0.1) is 0 Å². The molecule has 2 nitrogen and oxygen atoms in total. The maximum absolute atomic E-state index is 12.7. The zero-order valence-electron chi connectivity index (χ0n) is 9.58. The van der Waals surface area contributed by atoms with Crippen molar-refractivity contribution in [2.75, 3.05) is 20.2 Å². The van der Waals surface area contributed by atoms with Crippen molar-refractivity contribution < 1.29 is 9.13 Å². The molecule has 2 aliphatic rings. The first-order chi connectivity index (χ1) is 7.26. The van der Waals surface area contributed by atoms with Crippen LogP contribution in [0.25, 0.3) is 0 Å². The third-order valence-corrected chi connectivity index (χ3v) is 3.61. The Morgan fingerprint density at radius 2 is 2.33 bits per heavy atom. The summed E-state index contributed by atoms with van der Waals surface area (Å²) in [5, 5.41) is 0. The summed E-state index contributed by atoms with van der Waals surface area (Å²) in [7, 11) is 1.70. The molecule has 1 heterocycles. The van der Waals surface area contributed by atoms with Gasteiger partial charge in [0.25, 0.3) is 0 Å². The summed E-state index contributed by atoms with van der Waals surface area (Å²) in [5.74, 6) is 0.857. The van der Waals surface area contributed by atoms with Crippen LogP contribution in [0.1, 0.15) is 26.2 Å². The first-order valence-electron chi connectivity index (χ1n) is 5.82. The second-order valence-electron chi connectivity index (χ2n) is 4.76. The molecule has 86 valence electrons. The Hall–Kier alpha value is -0.410. The maximum Gasteiger partial charge on any atom is 0.0876 e. The first-order valence-corrected chi connectivity index (χ1v) is 5.82. The minimum Gasteiger partial charge on any atom is -0.380 e. The Kier molecular flexibility index (Phi) is 3.42. The molecule has 0 aromatic carbocycles. The largest absolute Gasteiger partial charge is 0.380 e. The molecule has 1 aliphatic heterocycles. The molecule has 1 saturated carbocycles. The predicted molar refractivity (Wildman–Crippen MR) is 58.4 cm³/mol. The lowest BCUT2D eigenvalue weighted by Crippen LogP contribution is -2.40. The lowest BCUT2D eigenvalue weighted by atomic mass is 10.0. The monoisotopic (exact) mass is 213 g/mol. The second kappa shape index (κ2) is 4.62. The topological polar surface area (TPSA) is 12.5 Å².